The third kappa shape index (κ3) is 3.72. The molecular weight excluding hydrogens is 312 g/mol. The molecule has 1 aromatic carbocycles. The second-order valence-corrected chi connectivity index (χ2v) is 8.03. The van der Waals surface area contributed by atoms with Crippen molar-refractivity contribution in [2.45, 2.75) is 19.4 Å². The maximum absolute atomic E-state index is 12.5. The summed E-state index contributed by atoms with van der Waals surface area (Å²) in [7, 11) is -3.27. The number of nitrogens with zero attached hydrogens (tertiary/aromatic N) is 4. The normalized spacial score (nSPS) is 21.3. The molecule has 7 heteroatoms. The fourth-order valence-corrected chi connectivity index (χ4v) is 4.87. The van der Waals surface area contributed by atoms with E-state index in [9.17, 15) is 8.42 Å². The van der Waals surface area contributed by atoms with E-state index in [1.165, 1.54) is 0 Å². The number of hydrogen-bond acceptors (Lipinski definition) is 4. The van der Waals surface area contributed by atoms with E-state index in [1.807, 2.05) is 18.2 Å². The van der Waals surface area contributed by atoms with Crippen LogP contribution in [-0.4, -0.2) is 61.2 Å². The number of hydrogen-bond donors (Lipinski definition) is 0. The molecule has 23 heavy (non-hydrogen) atoms. The Bertz CT molecular complexity index is 684. The molecule has 0 saturated carbocycles. The van der Waals surface area contributed by atoms with Gasteiger partial charge in [0.15, 0.2) is 0 Å². The minimum Gasteiger partial charge on any atom is -0.296 e. The van der Waals surface area contributed by atoms with Gasteiger partial charge in [-0.3, -0.25) is 4.90 Å². The standard InChI is InChI=1S/C16H22N4O2S/c17-13-15-4-3-5-16(12-15)14-18-8-10-20(11-9-18)23(21,22)19-6-1-2-7-19/h3-5,12H,1-2,6-11,14H2. The average Bonchev–Trinajstić information content (AvgIpc) is 3.11. The Balaban J connectivity index is 1.57. The van der Waals surface area contributed by atoms with Crippen LogP contribution in [0.2, 0.25) is 0 Å². The summed E-state index contributed by atoms with van der Waals surface area (Å²) in [5, 5.41) is 8.95. The van der Waals surface area contributed by atoms with Crippen molar-refractivity contribution in [1.29, 1.82) is 5.26 Å². The maximum Gasteiger partial charge on any atom is 0.282 e. The molecule has 1 aromatic rings. The highest BCUT2D eigenvalue weighted by Crippen LogP contribution is 2.19. The van der Waals surface area contributed by atoms with Gasteiger partial charge >= 0.3 is 0 Å². The molecule has 2 saturated heterocycles. The van der Waals surface area contributed by atoms with Crippen LogP contribution in [0.3, 0.4) is 0 Å². The Morgan fingerprint density at radius 3 is 2.30 bits per heavy atom. The van der Waals surface area contributed by atoms with Gasteiger partial charge in [-0.2, -0.15) is 22.3 Å². The van der Waals surface area contributed by atoms with E-state index in [4.69, 9.17) is 5.26 Å². The summed E-state index contributed by atoms with van der Waals surface area (Å²) in [4.78, 5) is 2.24. The largest absolute Gasteiger partial charge is 0.296 e. The number of piperazine rings is 1. The van der Waals surface area contributed by atoms with Crippen LogP contribution < -0.4 is 0 Å². The molecule has 6 nitrogen and oxygen atoms in total. The molecule has 0 aliphatic carbocycles. The lowest BCUT2D eigenvalue weighted by atomic mass is 10.1. The number of nitriles is 1. The Kier molecular flexibility index (Phi) is 4.97. The van der Waals surface area contributed by atoms with Gasteiger partial charge in [-0.15, -0.1) is 0 Å². The van der Waals surface area contributed by atoms with E-state index in [0.29, 0.717) is 31.7 Å². The summed E-state index contributed by atoms with van der Waals surface area (Å²) < 4.78 is 28.3. The van der Waals surface area contributed by atoms with E-state index in [1.54, 1.807) is 14.7 Å². The zero-order chi connectivity index (χ0) is 16.3. The molecular formula is C16H22N4O2S. The molecule has 2 fully saturated rings. The van der Waals surface area contributed by atoms with E-state index >= 15 is 0 Å². The molecule has 0 atom stereocenters. The lowest BCUT2D eigenvalue weighted by molar-refractivity contribution is 0.176. The van der Waals surface area contributed by atoms with Gasteiger partial charge < -0.3 is 0 Å². The average molecular weight is 334 g/mol. The first-order valence-corrected chi connectivity index (χ1v) is 9.46. The van der Waals surface area contributed by atoms with Crippen molar-refractivity contribution in [1.82, 2.24) is 13.5 Å². The van der Waals surface area contributed by atoms with Crippen LogP contribution in [0.15, 0.2) is 24.3 Å². The van der Waals surface area contributed by atoms with E-state index < -0.39 is 10.2 Å². The number of rotatable bonds is 4. The van der Waals surface area contributed by atoms with E-state index in [0.717, 1.165) is 38.0 Å². The Morgan fingerprint density at radius 1 is 1.00 bits per heavy atom. The molecule has 3 rings (SSSR count). The minimum atomic E-state index is -3.27. The predicted molar refractivity (Wildman–Crippen MR) is 87.7 cm³/mol. The summed E-state index contributed by atoms with van der Waals surface area (Å²) in [6, 6.07) is 9.74. The van der Waals surface area contributed by atoms with E-state index in [-0.39, 0.29) is 0 Å². The van der Waals surface area contributed by atoms with Crippen LogP contribution in [0.25, 0.3) is 0 Å². The van der Waals surface area contributed by atoms with Crippen molar-refractivity contribution in [2.75, 3.05) is 39.3 Å². The van der Waals surface area contributed by atoms with E-state index in [2.05, 4.69) is 11.0 Å². The zero-order valence-electron chi connectivity index (χ0n) is 13.2. The summed E-state index contributed by atoms with van der Waals surface area (Å²) in [6.07, 6.45) is 1.93. The van der Waals surface area contributed by atoms with Gasteiger partial charge in [0.2, 0.25) is 0 Å². The SMILES string of the molecule is N#Cc1cccc(CN2CCN(S(=O)(=O)N3CCCC3)CC2)c1. The molecule has 0 aromatic heterocycles. The predicted octanol–water partition coefficient (Wildman–Crippen LogP) is 1.02. The molecule has 2 heterocycles. The zero-order valence-corrected chi connectivity index (χ0v) is 14.0. The summed E-state index contributed by atoms with van der Waals surface area (Å²) in [5.41, 5.74) is 1.76. The topological polar surface area (TPSA) is 67.6 Å². The Labute approximate surface area is 138 Å². The monoisotopic (exact) mass is 334 g/mol. The van der Waals surface area contributed by atoms with Crippen molar-refractivity contribution in [3.8, 4) is 6.07 Å². The van der Waals surface area contributed by atoms with Crippen molar-refractivity contribution in [2.24, 2.45) is 0 Å². The van der Waals surface area contributed by atoms with Gasteiger partial charge in [0.05, 0.1) is 11.6 Å². The van der Waals surface area contributed by atoms with Gasteiger partial charge in [-0.05, 0) is 30.5 Å². The molecule has 0 radical (unpaired) electrons. The van der Waals surface area contributed by atoms with Gasteiger partial charge in [0.25, 0.3) is 10.2 Å². The Morgan fingerprint density at radius 2 is 1.65 bits per heavy atom. The van der Waals surface area contributed by atoms with Gasteiger partial charge in [-0.25, -0.2) is 0 Å². The Hall–Kier alpha value is -1.46. The third-order valence-electron chi connectivity index (χ3n) is 4.51. The summed E-state index contributed by atoms with van der Waals surface area (Å²) in [6.45, 7) is 4.60. The second kappa shape index (κ2) is 6.97. The molecule has 124 valence electrons. The molecule has 2 aliphatic heterocycles. The van der Waals surface area contributed by atoms with Crippen LogP contribution in [0.4, 0.5) is 0 Å². The van der Waals surface area contributed by atoms with Crippen molar-refractivity contribution in [3.63, 3.8) is 0 Å². The molecule has 0 bridgehead atoms. The molecule has 0 N–H and O–H groups in total. The first kappa shape index (κ1) is 16.4. The summed E-state index contributed by atoms with van der Waals surface area (Å²) in [5.74, 6) is 0. The molecule has 2 aliphatic rings. The lowest BCUT2D eigenvalue weighted by Crippen LogP contribution is -2.52. The van der Waals surface area contributed by atoms with Crippen molar-refractivity contribution in [3.05, 3.63) is 35.4 Å². The smallest absolute Gasteiger partial charge is 0.282 e. The maximum atomic E-state index is 12.5. The first-order chi connectivity index (χ1) is 11.1. The molecule has 0 amide bonds. The highest BCUT2D eigenvalue weighted by Gasteiger charge is 2.33. The molecule has 0 unspecified atom stereocenters. The molecule has 0 spiro atoms. The van der Waals surface area contributed by atoms with Crippen molar-refractivity contribution < 1.29 is 8.42 Å². The third-order valence-corrected chi connectivity index (χ3v) is 6.55. The van der Waals surface area contributed by atoms with Gasteiger partial charge in [0.1, 0.15) is 0 Å². The highest BCUT2D eigenvalue weighted by molar-refractivity contribution is 7.86. The highest BCUT2D eigenvalue weighted by atomic mass is 32.2. The van der Waals surface area contributed by atoms with Gasteiger partial charge in [0, 0.05) is 45.8 Å². The quantitative estimate of drug-likeness (QED) is 0.824. The first-order valence-electron chi connectivity index (χ1n) is 8.06. The second-order valence-electron chi connectivity index (χ2n) is 6.10. The van der Waals surface area contributed by atoms with Crippen LogP contribution in [0.5, 0.6) is 0 Å². The van der Waals surface area contributed by atoms with Gasteiger partial charge in [-0.1, -0.05) is 12.1 Å². The van der Waals surface area contributed by atoms with Crippen LogP contribution in [0, 0.1) is 11.3 Å². The van der Waals surface area contributed by atoms with Crippen LogP contribution in [0.1, 0.15) is 24.0 Å². The number of benzene rings is 1. The minimum absolute atomic E-state index is 0.538. The van der Waals surface area contributed by atoms with Crippen LogP contribution >= 0.6 is 0 Å². The lowest BCUT2D eigenvalue weighted by Gasteiger charge is -2.35. The fourth-order valence-electron chi connectivity index (χ4n) is 3.20. The van der Waals surface area contributed by atoms with Crippen LogP contribution in [-0.2, 0) is 16.8 Å². The fraction of sp³-hybridized carbons (Fsp3) is 0.562. The summed E-state index contributed by atoms with van der Waals surface area (Å²) >= 11 is 0. The van der Waals surface area contributed by atoms with Crippen molar-refractivity contribution >= 4 is 10.2 Å².